The fraction of sp³-hybridized carbons (Fsp3) is 0.261. The lowest BCUT2D eigenvalue weighted by Crippen LogP contribution is -2.46. The summed E-state index contributed by atoms with van der Waals surface area (Å²) in [5.74, 6) is -0.371. The van der Waals surface area contributed by atoms with Gasteiger partial charge in [0.2, 0.25) is 5.91 Å². The Bertz CT molecular complexity index is 1110. The molecule has 1 fully saturated rings. The van der Waals surface area contributed by atoms with Gasteiger partial charge in [0.25, 0.3) is 5.91 Å². The van der Waals surface area contributed by atoms with E-state index < -0.39 is 5.91 Å². The Kier molecular flexibility index (Phi) is 6.61. The number of piperidine rings is 1. The summed E-state index contributed by atoms with van der Waals surface area (Å²) in [6, 6.07) is 15.8. The molecule has 4 rings (SSSR count). The fourth-order valence-electron chi connectivity index (χ4n) is 3.62. The number of rotatable bonds is 6. The van der Waals surface area contributed by atoms with Gasteiger partial charge in [-0.05, 0) is 37.1 Å². The van der Waals surface area contributed by atoms with Crippen LogP contribution in [0.15, 0.2) is 59.1 Å². The van der Waals surface area contributed by atoms with Crippen LogP contribution in [0.2, 0.25) is 5.02 Å². The average molecular weight is 455 g/mol. The van der Waals surface area contributed by atoms with Gasteiger partial charge in [0.1, 0.15) is 5.75 Å². The predicted octanol–water partition coefficient (Wildman–Crippen LogP) is 3.53. The molecule has 0 saturated carbocycles. The van der Waals surface area contributed by atoms with E-state index in [1.54, 1.807) is 23.1 Å². The number of aromatic nitrogens is 1. The van der Waals surface area contributed by atoms with Crippen LogP contribution in [0.3, 0.4) is 0 Å². The normalized spacial score (nSPS) is 14.2. The Morgan fingerprint density at radius 1 is 1.12 bits per heavy atom. The number of nitrogens with zero attached hydrogens (tertiary/aromatic N) is 2. The maximum absolute atomic E-state index is 12.5. The van der Waals surface area contributed by atoms with E-state index in [1.807, 2.05) is 24.3 Å². The number of halogens is 1. The molecule has 2 aromatic carbocycles. The molecular weight excluding hydrogens is 432 g/mol. The molecule has 0 unspecified atom stereocenters. The van der Waals surface area contributed by atoms with Gasteiger partial charge >= 0.3 is 0 Å². The van der Waals surface area contributed by atoms with Crippen molar-refractivity contribution >= 4 is 29.1 Å². The number of amides is 2. The molecule has 9 heteroatoms. The van der Waals surface area contributed by atoms with Crippen LogP contribution in [0.25, 0.3) is 11.3 Å². The third-order valence-electron chi connectivity index (χ3n) is 5.39. The lowest BCUT2D eigenvalue weighted by Gasteiger charge is -2.33. The summed E-state index contributed by atoms with van der Waals surface area (Å²) in [7, 11) is 0. The Morgan fingerprint density at radius 2 is 1.84 bits per heavy atom. The minimum atomic E-state index is -0.515. The SMILES string of the molecule is O=C(NCC(=O)N1CCC(Nc2ccccc2Cl)CC1)c1cc(-c2ccccc2O)on1. The van der Waals surface area contributed by atoms with Crippen LogP contribution >= 0.6 is 11.6 Å². The summed E-state index contributed by atoms with van der Waals surface area (Å²) >= 11 is 6.20. The molecule has 32 heavy (non-hydrogen) atoms. The van der Waals surface area contributed by atoms with Crippen LogP contribution in [0.1, 0.15) is 23.3 Å². The summed E-state index contributed by atoms with van der Waals surface area (Å²) in [4.78, 5) is 26.6. The van der Waals surface area contributed by atoms with E-state index in [4.69, 9.17) is 16.1 Å². The highest BCUT2D eigenvalue weighted by atomic mass is 35.5. The van der Waals surface area contributed by atoms with E-state index in [0.29, 0.717) is 23.7 Å². The monoisotopic (exact) mass is 454 g/mol. The number of likely N-dealkylation sites (tertiary alicyclic amines) is 1. The van der Waals surface area contributed by atoms with Crippen molar-refractivity contribution in [2.24, 2.45) is 0 Å². The number of hydrogen-bond donors (Lipinski definition) is 3. The Balaban J connectivity index is 1.25. The third kappa shape index (κ3) is 5.03. The molecule has 0 atom stereocenters. The topological polar surface area (TPSA) is 108 Å². The number of nitrogens with one attached hydrogen (secondary N) is 2. The first-order valence-electron chi connectivity index (χ1n) is 10.3. The average Bonchev–Trinajstić information content (AvgIpc) is 3.30. The minimum Gasteiger partial charge on any atom is -0.507 e. The lowest BCUT2D eigenvalue weighted by molar-refractivity contribution is -0.131. The molecule has 3 aromatic rings. The first-order valence-corrected chi connectivity index (χ1v) is 10.7. The van der Waals surface area contributed by atoms with Gasteiger partial charge in [-0.1, -0.05) is 41.0 Å². The zero-order chi connectivity index (χ0) is 22.5. The maximum atomic E-state index is 12.5. The molecule has 2 amide bonds. The van der Waals surface area contributed by atoms with Gasteiger partial charge in [0.05, 0.1) is 22.8 Å². The summed E-state index contributed by atoms with van der Waals surface area (Å²) in [5.41, 5.74) is 1.36. The first kappa shape index (κ1) is 21.7. The van der Waals surface area contributed by atoms with Crippen LogP contribution < -0.4 is 10.6 Å². The minimum absolute atomic E-state index is 0.0261. The number of carbonyl (C=O) groups excluding carboxylic acids is 2. The lowest BCUT2D eigenvalue weighted by atomic mass is 10.0. The summed E-state index contributed by atoms with van der Waals surface area (Å²) in [5, 5.41) is 20.3. The van der Waals surface area contributed by atoms with Crippen molar-refractivity contribution < 1.29 is 19.2 Å². The molecule has 0 spiro atoms. The second-order valence-corrected chi connectivity index (χ2v) is 7.96. The Hall–Kier alpha value is -3.52. The molecule has 166 valence electrons. The number of hydrogen-bond acceptors (Lipinski definition) is 6. The van der Waals surface area contributed by atoms with Crippen LogP contribution in [0, 0.1) is 0 Å². The van der Waals surface area contributed by atoms with Crippen molar-refractivity contribution in [2.45, 2.75) is 18.9 Å². The molecule has 0 bridgehead atoms. The predicted molar refractivity (Wildman–Crippen MR) is 121 cm³/mol. The molecule has 0 radical (unpaired) electrons. The summed E-state index contributed by atoms with van der Waals surface area (Å²) in [6.45, 7) is 1.07. The number of benzene rings is 2. The van der Waals surface area contributed by atoms with Gasteiger partial charge in [-0.25, -0.2) is 0 Å². The number of phenols is 1. The number of phenolic OH excluding ortho intramolecular Hbond substituents is 1. The molecule has 0 aliphatic carbocycles. The zero-order valence-corrected chi connectivity index (χ0v) is 18.0. The van der Waals surface area contributed by atoms with Crippen LogP contribution in [0.4, 0.5) is 5.69 Å². The highest BCUT2D eigenvalue weighted by Crippen LogP contribution is 2.29. The zero-order valence-electron chi connectivity index (χ0n) is 17.3. The van der Waals surface area contributed by atoms with Gasteiger partial charge in [-0.3, -0.25) is 9.59 Å². The van der Waals surface area contributed by atoms with Gasteiger partial charge in [-0.15, -0.1) is 0 Å². The second kappa shape index (κ2) is 9.74. The number of anilines is 1. The van der Waals surface area contributed by atoms with Crippen LogP contribution in [0.5, 0.6) is 5.75 Å². The molecule has 1 saturated heterocycles. The molecule has 2 heterocycles. The van der Waals surface area contributed by atoms with Crippen molar-refractivity contribution in [2.75, 3.05) is 25.0 Å². The number of aromatic hydroxyl groups is 1. The van der Waals surface area contributed by atoms with Crippen molar-refractivity contribution in [1.82, 2.24) is 15.4 Å². The number of carbonyl (C=O) groups is 2. The van der Waals surface area contributed by atoms with E-state index in [1.165, 1.54) is 12.1 Å². The standard InChI is InChI=1S/C23H23ClN4O4/c24-17-6-2-3-7-18(17)26-15-9-11-28(12-10-15)22(30)14-25-23(31)19-13-21(32-27-19)16-5-1-4-8-20(16)29/h1-8,13,15,26,29H,9-12,14H2,(H,25,31). The smallest absolute Gasteiger partial charge is 0.273 e. The molecule has 8 nitrogen and oxygen atoms in total. The van der Waals surface area contributed by atoms with E-state index in [0.717, 1.165) is 18.5 Å². The van der Waals surface area contributed by atoms with Crippen molar-refractivity contribution in [3.8, 4) is 17.1 Å². The molecule has 3 N–H and O–H groups in total. The van der Waals surface area contributed by atoms with E-state index in [9.17, 15) is 14.7 Å². The molecular formula is C23H23ClN4O4. The number of para-hydroxylation sites is 2. The van der Waals surface area contributed by atoms with Gasteiger partial charge in [0.15, 0.2) is 11.5 Å². The summed E-state index contributed by atoms with van der Waals surface area (Å²) in [6.07, 6.45) is 1.58. The Labute approximate surface area is 190 Å². The largest absolute Gasteiger partial charge is 0.507 e. The van der Waals surface area contributed by atoms with Crippen molar-refractivity contribution in [3.63, 3.8) is 0 Å². The van der Waals surface area contributed by atoms with Crippen LogP contribution in [-0.2, 0) is 4.79 Å². The van der Waals surface area contributed by atoms with E-state index in [-0.39, 0.29) is 35.7 Å². The van der Waals surface area contributed by atoms with Crippen LogP contribution in [-0.4, -0.2) is 52.7 Å². The van der Waals surface area contributed by atoms with E-state index >= 15 is 0 Å². The molecule has 1 aliphatic heterocycles. The van der Waals surface area contributed by atoms with Gasteiger partial charge in [-0.2, -0.15) is 0 Å². The third-order valence-corrected chi connectivity index (χ3v) is 5.72. The molecule has 1 aromatic heterocycles. The van der Waals surface area contributed by atoms with Crippen molar-refractivity contribution in [3.05, 3.63) is 65.3 Å². The fourth-order valence-corrected chi connectivity index (χ4v) is 3.81. The van der Waals surface area contributed by atoms with E-state index in [2.05, 4.69) is 15.8 Å². The van der Waals surface area contributed by atoms with Gasteiger partial charge in [0, 0.05) is 25.2 Å². The maximum Gasteiger partial charge on any atom is 0.273 e. The Morgan fingerprint density at radius 3 is 2.59 bits per heavy atom. The van der Waals surface area contributed by atoms with Crippen molar-refractivity contribution in [1.29, 1.82) is 0 Å². The second-order valence-electron chi connectivity index (χ2n) is 7.56. The highest BCUT2D eigenvalue weighted by molar-refractivity contribution is 6.33. The quantitative estimate of drug-likeness (QED) is 0.526. The molecule has 1 aliphatic rings. The highest BCUT2D eigenvalue weighted by Gasteiger charge is 2.24. The first-order chi connectivity index (χ1) is 15.5. The summed E-state index contributed by atoms with van der Waals surface area (Å²) < 4.78 is 5.16. The van der Waals surface area contributed by atoms with Gasteiger partial charge < -0.3 is 25.2 Å².